The molecule has 6 aromatic heterocycles. The molecule has 0 aromatic carbocycles. The van der Waals surface area contributed by atoms with E-state index in [-0.39, 0.29) is 76.3 Å². The summed E-state index contributed by atoms with van der Waals surface area (Å²) in [6.45, 7) is 141. The van der Waals surface area contributed by atoms with Crippen LogP contribution in [0.1, 0.15) is 480 Å². The highest BCUT2D eigenvalue weighted by Gasteiger charge is 2.52. The van der Waals surface area contributed by atoms with Crippen molar-refractivity contribution in [3.05, 3.63) is 106 Å². The van der Waals surface area contributed by atoms with Gasteiger partial charge in [-0.3, -0.25) is 9.80 Å². The first-order chi connectivity index (χ1) is 52.0. The average Bonchev–Trinajstić information content (AvgIpc) is 1.63. The fraction of sp³-hybridized carbons (Fsp3) is 0.821. The molecule has 8 heterocycles. The zero-order chi connectivity index (χ0) is 95.3. The molecule has 119 heavy (non-hydrogen) atoms. The zero-order valence-electron chi connectivity index (χ0n) is 90.8. The van der Waals surface area contributed by atoms with Gasteiger partial charge in [0.2, 0.25) is 0 Å². The van der Waals surface area contributed by atoms with Crippen molar-refractivity contribution in [2.24, 2.45) is 34.5 Å². The van der Waals surface area contributed by atoms with Gasteiger partial charge in [-0.15, -0.1) is 11.3 Å². The van der Waals surface area contributed by atoms with Crippen LogP contribution in [0.4, 0.5) is 0 Å². The van der Waals surface area contributed by atoms with E-state index in [2.05, 4.69) is 457 Å². The minimum atomic E-state index is -0.0335. The van der Waals surface area contributed by atoms with Crippen LogP contribution < -0.4 is 0 Å². The molecule has 2 aliphatic rings. The molecule has 2 saturated heterocycles. The van der Waals surface area contributed by atoms with Crippen molar-refractivity contribution >= 4 is 11.3 Å². The maximum absolute atomic E-state index is 5.94. The van der Waals surface area contributed by atoms with Gasteiger partial charge in [-0.25, -0.2) is 9.97 Å². The summed E-state index contributed by atoms with van der Waals surface area (Å²) in [4.78, 5) is 18.0. The molecule has 8 atom stereocenters. The highest BCUT2D eigenvalue weighted by Crippen LogP contribution is 2.50. The van der Waals surface area contributed by atoms with Gasteiger partial charge in [-0.1, -0.05) is 268 Å². The summed E-state index contributed by atoms with van der Waals surface area (Å²) in [7, 11) is 0. The van der Waals surface area contributed by atoms with Crippen LogP contribution in [0.25, 0.3) is 0 Å². The number of rotatable bonds is 0. The summed E-state index contributed by atoms with van der Waals surface area (Å²) >= 11 is 1.84. The predicted molar refractivity (Wildman–Crippen MR) is 523 cm³/mol. The number of oxazole rings is 1. The highest BCUT2D eigenvalue weighted by atomic mass is 32.1. The number of furan rings is 1. The lowest BCUT2D eigenvalue weighted by Crippen LogP contribution is -2.49. The van der Waals surface area contributed by atoms with Crippen LogP contribution in [0.15, 0.2) is 13.4 Å². The van der Waals surface area contributed by atoms with E-state index < -0.39 is 0 Å². The Morgan fingerprint density at radius 2 is 0.672 bits per heavy atom. The second kappa shape index (κ2) is 38.5. The molecule has 13 heteroatoms. The molecule has 0 aliphatic carbocycles. The van der Waals surface area contributed by atoms with Crippen LogP contribution in [0, 0.1) is 96.8 Å². The van der Waals surface area contributed by atoms with Gasteiger partial charge >= 0.3 is 0 Å². The second-order valence-corrected chi connectivity index (χ2v) is 53.9. The van der Waals surface area contributed by atoms with Crippen molar-refractivity contribution in [3.63, 3.8) is 0 Å². The second-order valence-electron chi connectivity index (χ2n) is 52.7. The maximum Gasteiger partial charge on any atom is 0.200 e. The third kappa shape index (κ3) is 30.2. The fourth-order valence-electron chi connectivity index (χ4n) is 20.0. The van der Waals surface area contributed by atoms with E-state index >= 15 is 0 Å². The van der Waals surface area contributed by atoms with Gasteiger partial charge < -0.3 is 17.9 Å². The predicted octanol–water partition coefficient (Wildman–Crippen LogP) is 31.2. The fourth-order valence-corrected chi connectivity index (χ4v) is 21.2. The minimum Gasteiger partial charge on any atom is -0.465 e. The lowest BCUT2D eigenvalue weighted by Gasteiger charge is -2.41. The van der Waals surface area contributed by atoms with E-state index in [4.69, 9.17) is 18.3 Å². The summed E-state index contributed by atoms with van der Waals surface area (Å²) in [5.74, 6) is 8.14. The molecular formula is C106H197N9O3S. The van der Waals surface area contributed by atoms with E-state index in [0.717, 1.165) is 75.4 Å². The third-order valence-corrected chi connectivity index (χ3v) is 25.2. The van der Waals surface area contributed by atoms with Crippen LogP contribution in [-0.2, 0) is 65.2 Å². The molecule has 0 amide bonds. The molecule has 0 N–H and O–H groups in total. The van der Waals surface area contributed by atoms with E-state index in [9.17, 15) is 0 Å². The lowest BCUT2D eigenvalue weighted by molar-refractivity contribution is 0.0671. The van der Waals surface area contributed by atoms with E-state index in [1.54, 1.807) is 0 Å². The number of thiazole rings is 1. The lowest BCUT2D eigenvalue weighted by atomic mass is 9.71. The molecule has 0 spiro atoms. The molecule has 690 valence electrons. The van der Waals surface area contributed by atoms with Gasteiger partial charge in [0.25, 0.3) is 0 Å². The van der Waals surface area contributed by atoms with Crippen LogP contribution in [0.3, 0.4) is 0 Å². The minimum absolute atomic E-state index is 0.00569. The van der Waals surface area contributed by atoms with Crippen LogP contribution in [0.2, 0.25) is 0 Å². The first kappa shape index (κ1) is 113. The SMILES string of the molecule is CC1C(C)N(C(C)(C)C)C(C)C1C(C)(C)C.CC1C(C)N(C(C)(C)C)C(C)C1C(C)(C)C.Cc1c(C(C)(C)C)c(C)n(C(C)(C)C)c1C.Cc1c(C(C)(C)C)noc1C(C)(C)C.Cc1nn(C(C)(C)C)nc1C(C)(C)C.Cc1oc(C(C)(C)C)c(C)c1C(C)(C)C.Cc1oc(C(C)(C)C)nc1C(C)(C)C.Cc1sc(C(C)(C)C)nc1C(C)(C)C. The Morgan fingerprint density at radius 1 is 0.303 bits per heavy atom. The average molecular weight is 1680 g/mol. The topological polar surface area (TPSA) is 120 Å². The van der Waals surface area contributed by atoms with Gasteiger partial charge in [-0.05, 0) is 235 Å². The molecule has 2 fully saturated rings. The molecule has 0 saturated carbocycles. The van der Waals surface area contributed by atoms with Crippen molar-refractivity contribution in [2.75, 3.05) is 0 Å². The van der Waals surface area contributed by atoms with E-state index in [0.29, 0.717) is 35.0 Å². The van der Waals surface area contributed by atoms with Gasteiger partial charge in [0, 0.05) is 111 Å². The highest BCUT2D eigenvalue weighted by molar-refractivity contribution is 7.11. The van der Waals surface area contributed by atoms with Crippen molar-refractivity contribution in [1.29, 1.82) is 0 Å². The number of likely N-dealkylation sites (tertiary alicyclic amines) is 2. The molecule has 6 aromatic rings. The number of aryl methyl sites for hydroxylation is 4. The van der Waals surface area contributed by atoms with Gasteiger partial charge in [0.05, 0.1) is 39.0 Å². The van der Waals surface area contributed by atoms with Crippen molar-refractivity contribution < 1.29 is 13.4 Å². The van der Waals surface area contributed by atoms with Crippen LogP contribution in [-0.4, -0.2) is 79.7 Å². The Kier molecular flexibility index (Phi) is 36.4. The van der Waals surface area contributed by atoms with E-state index in [1.165, 1.54) is 54.8 Å². The third-order valence-electron chi connectivity index (χ3n) is 23.8. The Bertz CT molecular complexity index is 3770. The summed E-state index contributed by atoms with van der Waals surface area (Å²) in [5, 5.41) is 14.4. The molecule has 8 unspecified atom stereocenters. The quantitative estimate of drug-likeness (QED) is 0.145. The first-order valence-electron chi connectivity index (χ1n) is 45.7. The number of nitrogens with zero attached hydrogens (tertiary/aromatic N) is 9. The standard InChI is InChI=1S/2C15H31N.C15H27N.C14H24O.2C12H21NO.C12H21NS.C11H21N3/c3*1-10-11(2)16(15(7,8)9)12(3)13(10)14(4,5)6;1-9-11(13(3,4)5)10(2)15-12(9)14(6,7)8;1-8-9(11(2,3)4)13-10(14-8)12(5,6)7;1-8-9(11(2,3)4)13-14-10(8)12(5,6)7;1-8-9(11(2,3)4)13-10(14-8)12(5,6)7;1-8-9(10(2,3)4)13-14(12-8)11(5,6)7/h2*10-13H,1-9H3;1-9H3;1-8H3;4*1-7H3. The summed E-state index contributed by atoms with van der Waals surface area (Å²) in [6, 6.07) is 2.76. The Morgan fingerprint density at radius 3 is 0.849 bits per heavy atom. The molecule has 0 bridgehead atoms. The molecule has 2 aliphatic heterocycles. The number of hydrogen-bond acceptors (Lipinski definition) is 11. The molecule has 0 radical (unpaired) electrons. The molecular weight excluding hydrogens is 1480 g/mol. The maximum atomic E-state index is 5.94. The zero-order valence-corrected chi connectivity index (χ0v) is 91.6. The van der Waals surface area contributed by atoms with Crippen molar-refractivity contribution in [1.82, 2.24) is 44.5 Å². The van der Waals surface area contributed by atoms with Gasteiger partial charge in [-0.2, -0.15) is 15.0 Å². The van der Waals surface area contributed by atoms with Crippen LogP contribution >= 0.6 is 11.3 Å². The summed E-state index contributed by atoms with van der Waals surface area (Å²) < 4.78 is 19.5. The number of aromatic nitrogens is 7. The van der Waals surface area contributed by atoms with Gasteiger partial charge in [0.1, 0.15) is 23.0 Å². The smallest absolute Gasteiger partial charge is 0.200 e. The molecule has 12 nitrogen and oxygen atoms in total. The molecule has 8 rings (SSSR count). The Hall–Kier alpha value is -4.33. The number of hydrogen-bond donors (Lipinski definition) is 0. The largest absolute Gasteiger partial charge is 0.465 e. The Balaban J connectivity index is 0.000000680. The van der Waals surface area contributed by atoms with Crippen LogP contribution in [0.5, 0.6) is 0 Å². The van der Waals surface area contributed by atoms with Crippen molar-refractivity contribution in [2.45, 2.75) is 537 Å². The summed E-state index contributed by atoms with van der Waals surface area (Å²) in [6.07, 6.45) is 0. The van der Waals surface area contributed by atoms with E-state index in [1.807, 2.05) is 30.0 Å². The summed E-state index contributed by atoms with van der Waals surface area (Å²) in [5.41, 5.74) is 17.8. The normalized spacial score (nSPS) is 20.0. The first-order valence-corrected chi connectivity index (χ1v) is 46.6. The monoisotopic (exact) mass is 1680 g/mol. The van der Waals surface area contributed by atoms with Gasteiger partial charge in [0.15, 0.2) is 5.89 Å². The van der Waals surface area contributed by atoms with Crippen molar-refractivity contribution in [3.8, 4) is 0 Å². The Labute approximate surface area is 742 Å².